The quantitative estimate of drug-likeness (QED) is 0.679. The van der Waals surface area contributed by atoms with Crippen LogP contribution in [0.5, 0.6) is 0 Å². The Bertz CT molecular complexity index is 936. The zero-order valence-electron chi connectivity index (χ0n) is 16.1. The first-order valence-electron chi connectivity index (χ1n) is 9.84. The number of halogens is 2. The third-order valence-corrected chi connectivity index (χ3v) is 6.12. The molecule has 8 heteroatoms. The van der Waals surface area contributed by atoms with E-state index in [4.69, 9.17) is 5.11 Å². The van der Waals surface area contributed by atoms with Crippen molar-refractivity contribution < 1.29 is 28.6 Å². The van der Waals surface area contributed by atoms with E-state index >= 15 is 0 Å². The highest BCUT2D eigenvalue weighted by Crippen LogP contribution is 2.46. The lowest BCUT2D eigenvalue weighted by atomic mass is 9.85. The second-order valence-corrected chi connectivity index (χ2v) is 7.81. The minimum Gasteiger partial charge on any atom is -0.465 e. The van der Waals surface area contributed by atoms with Gasteiger partial charge in [-0.05, 0) is 35.1 Å². The smallest absolute Gasteiger partial charge is 0.407 e. The average molecular weight is 416 g/mol. The van der Waals surface area contributed by atoms with E-state index in [0.29, 0.717) is 0 Å². The molecule has 2 aliphatic carbocycles. The Morgan fingerprint density at radius 3 is 2.13 bits per heavy atom. The van der Waals surface area contributed by atoms with E-state index in [0.717, 1.165) is 27.2 Å². The highest BCUT2D eigenvalue weighted by atomic mass is 19.3. The standard InChI is InChI=1S/C22H22F2N2O4/c23-22(24)11-5-10-18(19(22)25-20(27)28)26(21(29)30)12-17-15-8-3-1-6-13(15)14-7-2-4-9-16(14)17/h1-4,6-9,17-19,25H,5,10-12H2,(H,27,28)(H,29,30)/t18-,19+/m0/s1. The maximum Gasteiger partial charge on any atom is 0.407 e. The molecule has 0 radical (unpaired) electrons. The molecule has 2 aromatic rings. The molecule has 1 saturated carbocycles. The van der Waals surface area contributed by atoms with Crippen LogP contribution in [0.2, 0.25) is 0 Å². The van der Waals surface area contributed by atoms with Crippen LogP contribution in [0.1, 0.15) is 36.3 Å². The average Bonchev–Trinajstić information content (AvgIpc) is 3.01. The largest absolute Gasteiger partial charge is 0.465 e. The van der Waals surface area contributed by atoms with Gasteiger partial charge in [-0.25, -0.2) is 18.4 Å². The molecule has 30 heavy (non-hydrogen) atoms. The molecule has 2 atom stereocenters. The van der Waals surface area contributed by atoms with Crippen LogP contribution < -0.4 is 5.32 Å². The highest BCUT2D eigenvalue weighted by molar-refractivity contribution is 5.79. The van der Waals surface area contributed by atoms with Crippen LogP contribution in [0.25, 0.3) is 11.1 Å². The summed E-state index contributed by atoms with van der Waals surface area (Å²) < 4.78 is 29.1. The lowest BCUT2D eigenvalue weighted by Crippen LogP contribution is -2.63. The van der Waals surface area contributed by atoms with Gasteiger partial charge in [0.15, 0.2) is 0 Å². The summed E-state index contributed by atoms with van der Waals surface area (Å²) in [7, 11) is 0. The Labute approximate surface area is 172 Å². The summed E-state index contributed by atoms with van der Waals surface area (Å²) in [5, 5.41) is 20.9. The maximum atomic E-state index is 14.5. The van der Waals surface area contributed by atoms with Gasteiger partial charge in [-0.3, -0.25) is 0 Å². The van der Waals surface area contributed by atoms with Gasteiger partial charge in [0.05, 0.1) is 6.04 Å². The predicted molar refractivity (Wildman–Crippen MR) is 106 cm³/mol. The van der Waals surface area contributed by atoms with E-state index in [1.807, 2.05) is 53.8 Å². The van der Waals surface area contributed by atoms with Crippen molar-refractivity contribution in [1.82, 2.24) is 10.2 Å². The molecule has 0 unspecified atom stereocenters. The van der Waals surface area contributed by atoms with Crippen molar-refractivity contribution >= 4 is 12.2 Å². The summed E-state index contributed by atoms with van der Waals surface area (Å²) in [4.78, 5) is 24.3. The molecule has 2 amide bonds. The highest BCUT2D eigenvalue weighted by Gasteiger charge is 2.51. The first-order chi connectivity index (χ1) is 14.3. The number of amides is 2. The van der Waals surface area contributed by atoms with Crippen molar-refractivity contribution in [2.75, 3.05) is 6.54 Å². The number of nitrogens with one attached hydrogen (secondary N) is 1. The Morgan fingerprint density at radius 1 is 1.03 bits per heavy atom. The predicted octanol–water partition coefficient (Wildman–Crippen LogP) is 4.60. The van der Waals surface area contributed by atoms with Crippen LogP contribution in [0.15, 0.2) is 48.5 Å². The molecule has 0 aromatic heterocycles. The summed E-state index contributed by atoms with van der Waals surface area (Å²) in [6.07, 6.45) is -3.11. The summed E-state index contributed by atoms with van der Waals surface area (Å²) in [6.45, 7) is -0.0259. The van der Waals surface area contributed by atoms with Crippen LogP contribution in [0, 0.1) is 0 Å². The van der Waals surface area contributed by atoms with Gasteiger partial charge >= 0.3 is 12.2 Å². The number of hydrogen-bond donors (Lipinski definition) is 3. The van der Waals surface area contributed by atoms with Gasteiger partial charge in [-0.15, -0.1) is 0 Å². The number of benzene rings is 2. The van der Waals surface area contributed by atoms with E-state index < -0.39 is 36.6 Å². The number of carboxylic acid groups (broad SMARTS) is 2. The van der Waals surface area contributed by atoms with Crippen LogP contribution >= 0.6 is 0 Å². The van der Waals surface area contributed by atoms with Crippen LogP contribution in [0.3, 0.4) is 0 Å². The van der Waals surface area contributed by atoms with Crippen LogP contribution in [-0.4, -0.2) is 51.9 Å². The lowest BCUT2D eigenvalue weighted by molar-refractivity contribution is -0.0887. The number of rotatable bonds is 4. The minimum absolute atomic E-state index is 0.0259. The fourth-order valence-corrected chi connectivity index (χ4v) is 4.83. The first kappa shape index (κ1) is 20.1. The number of carbonyl (C=O) groups is 2. The maximum absolute atomic E-state index is 14.5. The van der Waals surface area contributed by atoms with Gasteiger partial charge < -0.3 is 20.4 Å². The summed E-state index contributed by atoms with van der Waals surface area (Å²) in [5.41, 5.74) is 3.88. The number of nitrogens with zero attached hydrogens (tertiary/aromatic N) is 1. The minimum atomic E-state index is -3.32. The molecule has 2 aliphatic rings. The molecule has 0 bridgehead atoms. The van der Waals surface area contributed by atoms with E-state index in [1.54, 1.807) is 0 Å². The number of fused-ring (bicyclic) bond motifs is 3. The Morgan fingerprint density at radius 2 is 1.60 bits per heavy atom. The van der Waals surface area contributed by atoms with E-state index in [1.165, 1.54) is 0 Å². The van der Waals surface area contributed by atoms with Crippen molar-refractivity contribution in [2.24, 2.45) is 0 Å². The second kappa shape index (κ2) is 7.59. The van der Waals surface area contributed by atoms with Crippen molar-refractivity contribution in [3.8, 4) is 11.1 Å². The molecule has 2 aromatic carbocycles. The van der Waals surface area contributed by atoms with Crippen molar-refractivity contribution in [2.45, 2.75) is 43.2 Å². The molecule has 0 heterocycles. The topological polar surface area (TPSA) is 89.9 Å². The molecule has 0 aliphatic heterocycles. The summed E-state index contributed by atoms with van der Waals surface area (Å²) in [6, 6.07) is 12.4. The van der Waals surface area contributed by atoms with Gasteiger partial charge in [0.2, 0.25) is 0 Å². The number of hydrogen-bond acceptors (Lipinski definition) is 2. The van der Waals surface area contributed by atoms with Gasteiger partial charge in [0.1, 0.15) is 6.04 Å². The van der Waals surface area contributed by atoms with E-state index in [-0.39, 0.29) is 25.3 Å². The molecule has 3 N–H and O–H groups in total. The molecular weight excluding hydrogens is 394 g/mol. The fraction of sp³-hybridized carbons (Fsp3) is 0.364. The molecular formula is C22H22F2N2O4. The van der Waals surface area contributed by atoms with Gasteiger partial charge in [0, 0.05) is 18.9 Å². The zero-order valence-corrected chi connectivity index (χ0v) is 16.1. The van der Waals surface area contributed by atoms with Crippen LogP contribution in [-0.2, 0) is 0 Å². The molecule has 4 rings (SSSR count). The van der Waals surface area contributed by atoms with Crippen LogP contribution in [0.4, 0.5) is 18.4 Å². The Kier molecular flexibility index (Phi) is 5.09. The van der Waals surface area contributed by atoms with Crippen molar-refractivity contribution in [1.29, 1.82) is 0 Å². The molecule has 6 nitrogen and oxygen atoms in total. The monoisotopic (exact) mass is 416 g/mol. The SMILES string of the molecule is O=C(O)N[C@@H]1[C@@H](N(CC2c3ccccc3-c3ccccc32)C(=O)O)CCCC1(F)F. The van der Waals surface area contributed by atoms with Crippen molar-refractivity contribution in [3.05, 3.63) is 59.7 Å². The molecule has 0 saturated heterocycles. The van der Waals surface area contributed by atoms with Gasteiger partial charge in [-0.2, -0.15) is 0 Å². The first-order valence-corrected chi connectivity index (χ1v) is 9.84. The Balaban J connectivity index is 1.71. The summed E-state index contributed by atoms with van der Waals surface area (Å²) >= 11 is 0. The van der Waals surface area contributed by atoms with Gasteiger partial charge in [-0.1, -0.05) is 48.5 Å². The lowest BCUT2D eigenvalue weighted by Gasteiger charge is -2.43. The molecule has 158 valence electrons. The molecule has 1 fully saturated rings. The fourth-order valence-electron chi connectivity index (χ4n) is 4.83. The third-order valence-electron chi connectivity index (χ3n) is 6.12. The van der Waals surface area contributed by atoms with E-state index in [2.05, 4.69) is 0 Å². The Hall–Kier alpha value is -3.16. The van der Waals surface area contributed by atoms with Crippen molar-refractivity contribution in [3.63, 3.8) is 0 Å². The number of alkyl halides is 2. The summed E-state index contributed by atoms with van der Waals surface area (Å²) in [5.74, 6) is -3.63. The molecule has 0 spiro atoms. The van der Waals surface area contributed by atoms with E-state index in [9.17, 15) is 23.5 Å². The second-order valence-electron chi connectivity index (χ2n) is 7.81. The third kappa shape index (κ3) is 3.46. The normalized spacial score (nSPS) is 22.1. The van der Waals surface area contributed by atoms with Gasteiger partial charge in [0.25, 0.3) is 5.92 Å². The zero-order chi connectivity index (χ0) is 21.5.